The van der Waals surface area contributed by atoms with Crippen LogP contribution in [0.5, 0.6) is 5.75 Å². The van der Waals surface area contributed by atoms with Gasteiger partial charge in [-0.1, -0.05) is 20.3 Å². The summed E-state index contributed by atoms with van der Waals surface area (Å²) >= 11 is 5.93. The van der Waals surface area contributed by atoms with E-state index in [1.54, 1.807) is 7.11 Å². The van der Waals surface area contributed by atoms with Crippen LogP contribution in [0.3, 0.4) is 0 Å². The zero-order valence-corrected chi connectivity index (χ0v) is 13.4. The Bertz CT molecular complexity index is 579. The van der Waals surface area contributed by atoms with Crippen LogP contribution in [-0.4, -0.2) is 22.5 Å². The average Bonchev–Trinajstić information content (AvgIpc) is 2.82. The number of halogens is 1. The Kier molecular flexibility index (Phi) is 4.92. The Hall–Kier alpha value is -1.22. The summed E-state index contributed by atoms with van der Waals surface area (Å²) in [6, 6.07) is 6.50. The fourth-order valence-electron chi connectivity index (χ4n) is 2.57. The van der Waals surface area contributed by atoms with Crippen molar-refractivity contribution in [2.75, 3.05) is 13.0 Å². The summed E-state index contributed by atoms with van der Waals surface area (Å²) in [6.45, 7) is 6.77. The first kappa shape index (κ1) is 15.2. The van der Waals surface area contributed by atoms with Crippen molar-refractivity contribution < 1.29 is 4.74 Å². The molecule has 1 heterocycles. The summed E-state index contributed by atoms with van der Waals surface area (Å²) in [5, 5.41) is 0. The number of hydrogen-bond donors (Lipinski definition) is 0. The van der Waals surface area contributed by atoms with E-state index in [1.807, 2.05) is 12.1 Å². The number of alkyl halides is 1. The number of imidazole rings is 1. The second-order valence-corrected chi connectivity index (χ2v) is 5.70. The van der Waals surface area contributed by atoms with Gasteiger partial charge in [-0.2, -0.15) is 0 Å². The van der Waals surface area contributed by atoms with Crippen LogP contribution in [0.1, 0.15) is 39.1 Å². The van der Waals surface area contributed by atoms with Crippen LogP contribution in [0.25, 0.3) is 11.0 Å². The highest BCUT2D eigenvalue weighted by Gasteiger charge is 2.19. The highest BCUT2D eigenvalue weighted by Crippen LogP contribution is 2.29. The van der Waals surface area contributed by atoms with Gasteiger partial charge in [-0.3, -0.25) is 0 Å². The summed E-state index contributed by atoms with van der Waals surface area (Å²) < 4.78 is 7.62. The van der Waals surface area contributed by atoms with E-state index in [0.29, 0.717) is 17.8 Å². The van der Waals surface area contributed by atoms with E-state index in [-0.39, 0.29) is 0 Å². The molecule has 0 aliphatic heterocycles. The normalized spacial score (nSPS) is 14.4. The van der Waals surface area contributed by atoms with Crippen molar-refractivity contribution in [3.05, 3.63) is 24.0 Å². The SMILES string of the molecule is CCC(C)C(C)n1c(CCCl)nc2cc(OC)ccc21. The fourth-order valence-corrected chi connectivity index (χ4v) is 2.74. The Balaban J connectivity index is 2.56. The van der Waals surface area contributed by atoms with Crippen molar-refractivity contribution in [2.45, 2.75) is 39.7 Å². The summed E-state index contributed by atoms with van der Waals surface area (Å²) in [7, 11) is 1.68. The van der Waals surface area contributed by atoms with Crippen LogP contribution < -0.4 is 4.74 Å². The van der Waals surface area contributed by atoms with E-state index < -0.39 is 0 Å². The third kappa shape index (κ3) is 2.78. The molecule has 0 N–H and O–H groups in total. The molecule has 0 amide bonds. The maximum absolute atomic E-state index is 5.93. The van der Waals surface area contributed by atoms with E-state index in [0.717, 1.165) is 29.9 Å². The standard InChI is InChI=1S/C16H23ClN2O/c1-5-11(2)12(3)19-15-7-6-13(20-4)10-14(15)18-16(19)8-9-17/h6-7,10-12H,5,8-9H2,1-4H3. The minimum absolute atomic E-state index is 0.414. The molecular weight excluding hydrogens is 272 g/mol. The van der Waals surface area contributed by atoms with Crippen molar-refractivity contribution in [1.29, 1.82) is 0 Å². The molecular formula is C16H23ClN2O. The number of methoxy groups -OCH3 is 1. The molecule has 1 aromatic heterocycles. The van der Waals surface area contributed by atoms with Gasteiger partial charge in [-0.25, -0.2) is 4.98 Å². The van der Waals surface area contributed by atoms with Crippen LogP contribution in [-0.2, 0) is 6.42 Å². The van der Waals surface area contributed by atoms with Crippen molar-refractivity contribution >= 4 is 22.6 Å². The van der Waals surface area contributed by atoms with Crippen molar-refractivity contribution in [1.82, 2.24) is 9.55 Å². The van der Waals surface area contributed by atoms with Gasteiger partial charge in [0.2, 0.25) is 0 Å². The molecule has 20 heavy (non-hydrogen) atoms. The lowest BCUT2D eigenvalue weighted by Crippen LogP contribution is -2.16. The summed E-state index contributed by atoms with van der Waals surface area (Å²) in [5.74, 6) is 3.10. The fraction of sp³-hybridized carbons (Fsp3) is 0.562. The van der Waals surface area contributed by atoms with Gasteiger partial charge in [0.15, 0.2) is 0 Å². The lowest BCUT2D eigenvalue weighted by Gasteiger charge is -2.23. The third-order valence-electron chi connectivity index (χ3n) is 4.16. The predicted molar refractivity (Wildman–Crippen MR) is 84.9 cm³/mol. The Labute approximate surface area is 125 Å². The average molecular weight is 295 g/mol. The molecule has 0 spiro atoms. The molecule has 4 heteroatoms. The number of ether oxygens (including phenoxy) is 1. The molecule has 0 saturated heterocycles. The van der Waals surface area contributed by atoms with Gasteiger partial charge in [-0.05, 0) is 25.0 Å². The quantitative estimate of drug-likeness (QED) is 0.737. The first-order valence-electron chi connectivity index (χ1n) is 7.23. The minimum Gasteiger partial charge on any atom is -0.497 e. The molecule has 2 atom stereocenters. The molecule has 0 aliphatic carbocycles. The number of aromatic nitrogens is 2. The van der Waals surface area contributed by atoms with Crippen LogP contribution in [0.2, 0.25) is 0 Å². The molecule has 110 valence electrons. The number of fused-ring (bicyclic) bond motifs is 1. The topological polar surface area (TPSA) is 27.1 Å². The van der Waals surface area contributed by atoms with E-state index in [4.69, 9.17) is 21.3 Å². The number of aryl methyl sites for hydroxylation is 1. The van der Waals surface area contributed by atoms with Gasteiger partial charge in [0.05, 0.1) is 18.1 Å². The summed E-state index contributed by atoms with van der Waals surface area (Å²) in [6.07, 6.45) is 1.94. The van der Waals surface area contributed by atoms with E-state index >= 15 is 0 Å². The molecule has 0 aliphatic rings. The lowest BCUT2D eigenvalue weighted by molar-refractivity contribution is 0.369. The van der Waals surface area contributed by atoms with E-state index in [1.165, 1.54) is 5.52 Å². The van der Waals surface area contributed by atoms with Gasteiger partial charge in [-0.15, -0.1) is 11.6 Å². The predicted octanol–water partition coefficient (Wildman–Crippen LogP) is 4.43. The monoisotopic (exact) mass is 294 g/mol. The number of hydrogen-bond acceptors (Lipinski definition) is 2. The van der Waals surface area contributed by atoms with Crippen LogP contribution in [0.4, 0.5) is 0 Å². The van der Waals surface area contributed by atoms with Gasteiger partial charge in [0.1, 0.15) is 11.6 Å². The molecule has 0 bridgehead atoms. The third-order valence-corrected chi connectivity index (χ3v) is 4.35. The first-order valence-corrected chi connectivity index (χ1v) is 7.76. The number of nitrogens with zero attached hydrogens (tertiary/aromatic N) is 2. The first-order chi connectivity index (χ1) is 9.62. The number of rotatable bonds is 6. The lowest BCUT2D eigenvalue weighted by atomic mass is 10.0. The molecule has 3 nitrogen and oxygen atoms in total. The molecule has 2 aromatic rings. The van der Waals surface area contributed by atoms with Crippen molar-refractivity contribution in [2.24, 2.45) is 5.92 Å². The smallest absolute Gasteiger partial charge is 0.121 e. The van der Waals surface area contributed by atoms with Crippen LogP contribution in [0.15, 0.2) is 18.2 Å². The second kappa shape index (κ2) is 6.49. The zero-order valence-electron chi connectivity index (χ0n) is 12.7. The highest BCUT2D eigenvalue weighted by molar-refractivity contribution is 6.17. The largest absolute Gasteiger partial charge is 0.497 e. The van der Waals surface area contributed by atoms with E-state index in [9.17, 15) is 0 Å². The van der Waals surface area contributed by atoms with Gasteiger partial charge in [0, 0.05) is 24.4 Å². The molecule has 2 unspecified atom stereocenters. The Morgan fingerprint density at radius 3 is 2.70 bits per heavy atom. The molecule has 0 radical (unpaired) electrons. The zero-order chi connectivity index (χ0) is 14.7. The van der Waals surface area contributed by atoms with Crippen LogP contribution >= 0.6 is 11.6 Å². The summed E-state index contributed by atoms with van der Waals surface area (Å²) in [5.41, 5.74) is 2.15. The summed E-state index contributed by atoms with van der Waals surface area (Å²) in [4.78, 5) is 4.75. The van der Waals surface area contributed by atoms with Gasteiger partial charge >= 0.3 is 0 Å². The van der Waals surface area contributed by atoms with Gasteiger partial charge < -0.3 is 9.30 Å². The number of benzene rings is 1. The highest BCUT2D eigenvalue weighted by atomic mass is 35.5. The second-order valence-electron chi connectivity index (χ2n) is 5.32. The molecule has 1 aromatic carbocycles. The van der Waals surface area contributed by atoms with Gasteiger partial charge in [0.25, 0.3) is 0 Å². The minimum atomic E-state index is 0.414. The molecule has 0 fully saturated rings. The van der Waals surface area contributed by atoms with E-state index in [2.05, 4.69) is 31.4 Å². The Morgan fingerprint density at radius 1 is 1.35 bits per heavy atom. The van der Waals surface area contributed by atoms with Crippen LogP contribution in [0, 0.1) is 5.92 Å². The van der Waals surface area contributed by atoms with Crippen molar-refractivity contribution in [3.63, 3.8) is 0 Å². The Morgan fingerprint density at radius 2 is 2.10 bits per heavy atom. The van der Waals surface area contributed by atoms with Crippen molar-refractivity contribution in [3.8, 4) is 5.75 Å². The molecule has 2 rings (SSSR count). The maximum atomic E-state index is 5.93. The molecule has 0 saturated carbocycles. The maximum Gasteiger partial charge on any atom is 0.121 e.